The number of hydrogen-bond donors (Lipinski definition) is 3. The van der Waals surface area contributed by atoms with Crippen LogP contribution in [0.5, 0.6) is 5.75 Å². The summed E-state index contributed by atoms with van der Waals surface area (Å²) in [5.41, 5.74) is -0.0897. The van der Waals surface area contributed by atoms with Crippen molar-refractivity contribution >= 4 is 34.3 Å². The van der Waals surface area contributed by atoms with Gasteiger partial charge in [-0.1, -0.05) is 0 Å². The molecule has 0 spiro atoms. The first kappa shape index (κ1) is 23.1. The minimum Gasteiger partial charge on any atom is -0.491 e. The van der Waals surface area contributed by atoms with Crippen LogP contribution >= 0.6 is 0 Å². The highest BCUT2D eigenvalue weighted by atomic mass is 19.1. The van der Waals surface area contributed by atoms with E-state index >= 15 is 0 Å². The van der Waals surface area contributed by atoms with E-state index in [9.17, 15) is 9.18 Å². The van der Waals surface area contributed by atoms with E-state index in [0.717, 1.165) is 10.9 Å². The third-order valence-corrected chi connectivity index (χ3v) is 4.44. The number of ether oxygens (including phenoxy) is 2. The first-order valence-corrected chi connectivity index (χ1v) is 10.2. The third-order valence-electron chi connectivity index (χ3n) is 4.44. The van der Waals surface area contributed by atoms with Gasteiger partial charge in [0.2, 0.25) is 0 Å². The first-order valence-electron chi connectivity index (χ1n) is 10.2. The van der Waals surface area contributed by atoms with Crippen molar-refractivity contribution in [3.63, 3.8) is 0 Å². The molecule has 0 aliphatic carbocycles. The van der Waals surface area contributed by atoms with Crippen LogP contribution in [0.1, 0.15) is 20.3 Å². The van der Waals surface area contributed by atoms with Crippen molar-refractivity contribution in [1.29, 1.82) is 0 Å². The maximum atomic E-state index is 13.5. The van der Waals surface area contributed by atoms with Crippen molar-refractivity contribution in [2.24, 2.45) is 0 Å². The van der Waals surface area contributed by atoms with Gasteiger partial charge in [0, 0.05) is 25.1 Å². The average molecular weight is 442 g/mol. The molecule has 0 saturated heterocycles. The number of aromatic nitrogens is 3. The number of carbonyl (C=O) groups excluding carboxylic acids is 1. The maximum absolute atomic E-state index is 13.5. The Morgan fingerprint density at radius 2 is 1.97 bits per heavy atom. The topological polar surface area (TPSA) is 110 Å². The Labute approximate surface area is 185 Å². The van der Waals surface area contributed by atoms with Crippen molar-refractivity contribution in [2.45, 2.75) is 25.9 Å². The van der Waals surface area contributed by atoms with Gasteiger partial charge in [-0.2, -0.15) is 0 Å². The standard InChI is InChI=1S/C22H27FN6O3/c1-22(2,23)8-9-24-21(30)28-15-4-7-19(25-13-15)29-20-17-6-5-16(32-11-10-31-3)12-18(17)26-14-27-20/h4-7,12-14H,8-11H2,1-3H3,(H2,24,28,30)(H,25,26,27,29). The summed E-state index contributed by atoms with van der Waals surface area (Å²) in [6, 6.07) is 8.56. The van der Waals surface area contributed by atoms with Crippen molar-refractivity contribution in [2.75, 3.05) is 37.5 Å². The van der Waals surface area contributed by atoms with Crippen molar-refractivity contribution in [3.05, 3.63) is 42.9 Å². The molecule has 3 rings (SSSR count). The molecule has 2 heterocycles. The fraction of sp³-hybridized carbons (Fsp3) is 0.364. The third kappa shape index (κ3) is 7.02. The van der Waals surface area contributed by atoms with Crippen LogP contribution in [0.25, 0.3) is 10.9 Å². The lowest BCUT2D eigenvalue weighted by atomic mass is 10.1. The number of alkyl halides is 1. The van der Waals surface area contributed by atoms with E-state index in [-0.39, 0.29) is 13.0 Å². The monoisotopic (exact) mass is 442 g/mol. The largest absolute Gasteiger partial charge is 0.491 e. The van der Waals surface area contributed by atoms with Gasteiger partial charge in [-0.3, -0.25) is 0 Å². The lowest BCUT2D eigenvalue weighted by Gasteiger charge is -2.14. The zero-order valence-electron chi connectivity index (χ0n) is 18.3. The number of nitrogens with one attached hydrogen (secondary N) is 3. The summed E-state index contributed by atoms with van der Waals surface area (Å²) >= 11 is 0. The quantitative estimate of drug-likeness (QED) is 0.406. The average Bonchev–Trinajstić information content (AvgIpc) is 2.74. The summed E-state index contributed by atoms with van der Waals surface area (Å²) in [7, 11) is 1.62. The molecule has 0 bridgehead atoms. The van der Waals surface area contributed by atoms with Gasteiger partial charge in [0.1, 0.15) is 36.0 Å². The molecular formula is C22H27FN6O3. The predicted molar refractivity (Wildman–Crippen MR) is 121 cm³/mol. The number of urea groups is 1. The summed E-state index contributed by atoms with van der Waals surface area (Å²) in [5, 5.41) is 9.25. The lowest BCUT2D eigenvalue weighted by Crippen LogP contribution is -2.32. The Morgan fingerprint density at radius 3 is 2.69 bits per heavy atom. The molecule has 0 unspecified atom stereocenters. The van der Waals surface area contributed by atoms with Gasteiger partial charge in [-0.25, -0.2) is 24.1 Å². The summed E-state index contributed by atoms with van der Waals surface area (Å²) in [4.78, 5) is 24.8. The highest BCUT2D eigenvalue weighted by Gasteiger charge is 2.15. The molecule has 0 aliphatic rings. The second-order valence-corrected chi connectivity index (χ2v) is 7.65. The second kappa shape index (κ2) is 10.7. The number of fused-ring (bicyclic) bond motifs is 1. The Morgan fingerprint density at radius 1 is 1.12 bits per heavy atom. The van der Waals surface area contributed by atoms with Gasteiger partial charge in [-0.05, 0) is 44.5 Å². The van der Waals surface area contributed by atoms with E-state index in [0.29, 0.717) is 36.3 Å². The molecule has 10 heteroatoms. The molecule has 0 fully saturated rings. The van der Waals surface area contributed by atoms with Crippen LogP contribution in [-0.2, 0) is 4.74 Å². The Kier molecular flexibility index (Phi) is 7.72. The number of carbonyl (C=O) groups is 1. The summed E-state index contributed by atoms with van der Waals surface area (Å²) < 4.78 is 24.1. The van der Waals surface area contributed by atoms with Gasteiger partial charge in [-0.15, -0.1) is 0 Å². The SMILES string of the molecule is COCCOc1ccc2c(Nc3ccc(NC(=O)NCCC(C)(C)F)cn3)ncnc2c1. The van der Waals surface area contributed by atoms with Gasteiger partial charge < -0.3 is 25.4 Å². The van der Waals surface area contributed by atoms with Crippen LogP contribution in [-0.4, -0.2) is 53.5 Å². The van der Waals surface area contributed by atoms with Gasteiger partial charge in [0.25, 0.3) is 0 Å². The molecule has 170 valence electrons. The first-order chi connectivity index (χ1) is 15.3. The van der Waals surface area contributed by atoms with E-state index in [1.54, 1.807) is 19.2 Å². The minimum atomic E-state index is -1.33. The molecule has 3 aromatic rings. The van der Waals surface area contributed by atoms with Crippen LogP contribution in [0.2, 0.25) is 0 Å². The van der Waals surface area contributed by atoms with E-state index in [1.807, 2.05) is 18.2 Å². The fourth-order valence-corrected chi connectivity index (χ4v) is 2.78. The molecule has 3 N–H and O–H groups in total. The molecule has 1 aromatic carbocycles. The Balaban J connectivity index is 1.60. The van der Waals surface area contributed by atoms with Crippen molar-refractivity contribution < 1.29 is 18.7 Å². The molecule has 0 radical (unpaired) electrons. The number of hydrogen-bond acceptors (Lipinski definition) is 7. The molecule has 32 heavy (non-hydrogen) atoms. The van der Waals surface area contributed by atoms with Crippen LogP contribution in [0.15, 0.2) is 42.9 Å². The van der Waals surface area contributed by atoms with Gasteiger partial charge in [0.05, 0.1) is 24.0 Å². The molecule has 0 atom stereocenters. The lowest BCUT2D eigenvalue weighted by molar-refractivity contribution is 0.146. The van der Waals surface area contributed by atoms with Crippen LogP contribution in [0, 0.1) is 0 Å². The van der Waals surface area contributed by atoms with E-state index in [2.05, 4.69) is 30.9 Å². The fourth-order valence-electron chi connectivity index (χ4n) is 2.78. The molecule has 0 saturated carbocycles. The molecule has 2 amide bonds. The second-order valence-electron chi connectivity index (χ2n) is 7.65. The number of nitrogens with zero attached hydrogens (tertiary/aromatic N) is 3. The highest BCUT2D eigenvalue weighted by Crippen LogP contribution is 2.26. The Bertz CT molecular complexity index is 1040. The molecule has 0 aliphatic heterocycles. The maximum Gasteiger partial charge on any atom is 0.319 e. The smallest absolute Gasteiger partial charge is 0.319 e. The van der Waals surface area contributed by atoms with E-state index in [1.165, 1.54) is 26.4 Å². The predicted octanol–water partition coefficient (Wildman–Crippen LogP) is 4.05. The summed E-state index contributed by atoms with van der Waals surface area (Å²) in [5.74, 6) is 1.84. The molecular weight excluding hydrogens is 415 g/mol. The number of anilines is 3. The number of halogens is 1. The van der Waals surface area contributed by atoms with E-state index in [4.69, 9.17) is 9.47 Å². The van der Waals surface area contributed by atoms with Crippen LogP contribution in [0.4, 0.5) is 26.5 Å². The number of pyridine rings is 1. The van der Waals surface area contributed by atoms with Crippen LogP contribution < -0.4 is 20.7 Å². The molecule has 9 nitrogen and oxygen atoms in total. The number of amides is 2. The normalized spacial score (nSPS) is 11.2. The number of benzene rings is 1. The number of methoxy groups -OCH3 is 1. The zero-order valence-corrected chi connectivity index (χ0v) is 18.3. The van der Waals surface area contributed by atoms with Crippen molar-refractivity contribution in [3.8, 4) is 5.75 Å². The van der Waals surface area contributed by atoms with Gasteiger partial charge in [0.15, 0.2) is 0 Å². The minimum absolute atomic E-state index is 0.231. The summed E-state index contributed by atoms with van der Waals surface area (Å²) in [6.45, 7) is 4.14. The van der Waals surface area contributed by atoms with Crippen molar-refractivity contribution in [1.82, 2.24) is 20.3 Å². The van der Waals surface area contributed by atoms with E-state index < -0.39 is 11.7 Å². The molecule has 2 aromatic heterocycles. The summed E-state index contributed by atoms with van der Waals surface area (Å²) in [6.07, 6.45) is 3.21. The highest BCUT2D eigenvalue weighted by molar-refractivity contribution is 5.91. The number of rotatable bonds is 10. The van der Waals surface area contributed by atoms with Crippen LogP contribution in [0.3, 0.4) is 0 Å². The van der Waals surface area contributed by atoms with Gasteiger partial charge >= 0.3 is 6.03 Å². The Hall–Kier alpha value is -3.53. The zero-order chi connectivity index (χ0) is 23.0.